The van der Waals surface area contributed by atoms with E-state index in [1.807, 2.05) is 0 Å². The zero-order valence-electron chi connectivity index (χ0n) is 15.3. The van der Waals surface area contributed by atoms with Gasteiger partial charge < -0.3 is 10.2 Å². The van der Waals surface area contributed by atoms with Crippen LogP contribution in [0.25, 0.3) is 11.3 Å². The highest BCUT2D eigenvalue weighted by molar-refractivity contribution is 5.77. The zero-order chi connectivity index (χ0) is 20.6. The highest BCUT2D eigenvalue weighted by atomic mass is 19.4. The Labute approximate surface area is 163 Å². The molecule has 0 unspecified atom stereocenters. The Morgan fingerprint density at radius 2 is 2.03 bits per heavy atom. The minimum Gasteiger partial charge on any atom is -0.338 e. The Morgan fingerprint density at radius 1 is 1.24 bits per heavy atom. The Balaban J connectivity index is 1.40. The number of rotatable bonds is 5. The van der Waals surface area contributed by atoms with Crippen molar-refractivity contribution < 1.29 is 18.0 Å². The normalized spacial score (nSPS) is 14.7. The Bertz CT molecular complexity index is 1020. The van der Waals surface area contributed by atoms with Crippen LogP contribution in [-0.2, 0) is 11.8 Å². The summed E-state index contributed by atoms with van der Waals surface area (Å²) < 4.78 is 40.3. The minimum atomic E-state index is -4.49. The van der Waals surface area contributed by atoms with Gasteiger partial charge in [0.1, 0.15) is 6.42 Å². The number of carbonyl (C=O) groups excluding carboxylic acids is 1. The maximum Gasteiger partial charge on any atom is 0.397 e. The van der Waals surface area contributed by atoms with Crippen LogP contribution in [0.2, 0.25) is 0 Å². The fourth-order valence-electron chi connectivity index (χ4n) is 2.97. The van der Waals surface area contributed by atoms with E-state index in [1.54, 1.807) is 53.5 Å². The number of carbonyl (C=O) groups is 1. The number of nitrogens with zero attached hydrogens (tertiary/aromatic N) is 7. The molecule has 1 saturated heterocycles. The number of aryl methyl sites for hydroxylation is 1. The Kier molecular flexibility index (Phi) is 4.68. The van der Waals surface area contributed by atoms with Crippen molar-refractivity contribution in [2.24, 2.45) is 7.05 Å². The fraction of sp³-hybridized carbons (Fsp3) is 0.353. The van der Waals surface area contributed by atoms with Gasteiger partial charge >= 0.3 is 6.18 Å². The van der Waals surface area contributed by atoms with Crippen LogP contribution in [0.15, 0.2) is 37.1 Å². The van der Waals surface area contributed by atoms with E-state index < -0.39 is 18.5 Å². The quantitative estimate of drug-likeness (QED) is 0.698. The standard InChI is InChI=1S/C17H17F3N8O/c1-26-8-12(6-22-26)24-16-21-3-2-14(25-16)11-5-23-28(7-11)13-9-27(10-13)15(29)4-17(18,19)20/h2-3,5-8,13H,4,9-10H2,1H3,(H,21,24,25). The van der Waals surface area contributed by atoms with Crippen LogP contribution in [0, 0.1) is 0 Å². The summed E-state index contributed by atoms with van der Waals surface area (Å²) in [5, 5.41) is 11.4. The van der Waals surface area contributed by atoms with Crippen LogP contribution in [0.4, 0.5) is 24.8 Å². The van der Waals surface area contributed by atoms with E-state index in [0.717, 1.165) is 11.3 Å². The highest BCUT2D eigenvalue weighted by Gasteiger charge is 2.38. The molecule has 12 heteroatoms. The first-order valence-electron chi connectivity index (χ1n) is 8.74. The van der Waals surface area contributed by atoms with Crippen LogP contribution >= 0.6 is 0 Å². The van der Waals surface area contributed by atoms with Crippen molar-refractivity contribution in [2.45, 2.75) is 18.6 Å². The first kappa shape index (κ1) is 18.9. The molecule has 4 rings (SSSR count). The minimum absolute atomic E-state index is 0.157. The molecular formula is C17H17F3N8O. The van der Waals surface area contributed by atoms with Crippen molar-refractivity contribution in [1.82, 2.24) is 34.4 Å². The van der Waals surface area contributed by atoms with Crippen molar-refractivity contribution in [3.63, 3.8) is 0 Å². The second kappa shape index (κ2) is 7.18. The summed E-state index contributed by atoms with van der Waals surface area (Å²) in [5.74, 6) is -0.515. The third-order valence-electron chi connectivity index (χ3n) is 4.45. The van der Waals surface area contributed by atoms with Crippen LogP contribution in [0.5, 0.6) is 0 Å². The lowest BCUT2D eigenvalue weighted by atomic mass is 10.1. The van der Waals surface area contributed by atoms with Crippen LogP contribution in [0.3, 0.4) is 0 Å². The van der Waals surface area contributed by atoms with Crippen molar-refractivity contribution in [3.8, 4) is 11.3 Å². The summed E-state index contributed by atoms with van der Waals surface area (Å²) in [4.78, 5) is 21.4. The lowest BCUT2D eigenvalue weighted by molar-refractivity contribution is -0.165. The van der Waals surface area contributed by atoms with E-state index in [2.05, 4.69) is 25.5 Å². The molecule has 9 nitrogen and oxygen atoms in total. The lowest BCUT2D eigenvalue weighted by Crippen LogP contribution is -2.51. The number of alkyl halides is 3. The molecule has 0 radical (unpaired) electrons. The molecule has 0 aliphatic carbocycles. The van der Waals surface area contributed by atoms with Gasteiger partial charge in [0.2, 0.25) is 11.9 Å². The second-order valence-electron chi connectivity index (χ2n) is 6.75. The number of hydrogen-bond acceptors (Lipinski definition) is 6. The molecule has 1 fully saturated rings. The summed E-state index contributed by atoms with van der Waals surface area (Å²) in [5.41, 5.74) is 2.13. The van der Waals surface area contributed by atoms with Crippen molar-refractivity contribution in [3.05, 3.63) is 37.1 Å². The van der Waals surface area contributed by atoms with Gasteiger partial charge in [-0.3, -0.25) is 14.2 Å². The van der Waals surface area contributed by atoms with Gasteiger partial charge in [0, 0.05) is 44.3 Å². The average Bonchev–Trinajstić information content (AvgIpc) is 3.22. The molecule has 4 heterocycles. The summed E-state index contributed by atoms with van der Waals surface area (Å²) in [6.07, 6.45) is 2.50. The molecule has 0 atom stereocenters. The van der Waals surface area contributed by atoms with Gasteiger partial charge in [-0.15, -0.1) is 0 Å². The summed E-state index contributed by atoms with van der Waals surface area (Å²) in [6.45, 7) is 0.404. The van der Waals surface area contributed by atoms with E-state index in [4.69, 9.17) is 0 Å². The number of hydrogen-bond donors (Lipinski definition) is 1. The van der Waals surface area contributed by atoms with E-state index in [-0.39, 0.29) is 19.1 Å². The molecule has 3 aromatic rings. The molecule has 1 aliphatic rings. The van der Waals surface area contributed by atoms with E-state index in [9.17, 15) is 18.0 Å². The SMILES string of the molecule is Cn1cc(Nc2nccc(-c3cnn(C4CN(C(=O)CC(F)(F)F)C4)c3)n2)cn1. The van der Waals surface area contributed by atoms with E-state index >= 15 is 0 Å². The van der Waals surface area contributed by atoms with Crippen molar-refractivity contribution in [1.29, 1.82) is 0 Å². The number of halogens is 3. The summed E-state index contributed by atoms with van der Waals surface area (Å²) in [6, 6.07) is 1.58. The number of nitrogens with one attached hydrogen (secondary N) is 1. The average molecular weight is 406 g/mol. The molecule has 1 N–H and O–H groups in total. The predicted molar refractivity (Wildman–Crippen MR) is 96.0 cm³/mol. The highest BCUT2D eigenvalue weighted by Crippen LogP contribution is 2.27. The second-order valence-corrected chi connectivity index (χ2v) is 6.75. The van der Waals surface area contributed by atoms with Crippen LogP contribution in [-0.4, -0.2) is 59.6 Å². The summed E-state index contributed by atoms with van der Waals surface area (Å²) in [7, 11) is 1.80. The van der Waals surface area contributed by atoms with Gasteiger partial charge in [0.25, 0.3) is 0 Å². The molecule has 152 valence electrons. The Hall–Kier alpha value is -3.44. The molecule has 29 heavy (non-hydrogen) atoms. The largest absolute Gasteiger partial charge is 0.397 e. The number of anilines is 2. The van der Waals surface area contributed by atoms with Crippen LogP contribution in [0.1, 0.15) is 12.5 Å². The first-order chi connectivity index (χ1) is 13.8. The maximum atomic E-state index is 12.3. The third kappa shape index (κ3) is 4.36. The zero-order valence-corrected chi connectivity index (χ0v) is 15.3. The van der Waals surface area contributed by atoms with Crippen LogP contribution < -0.4 is 5.32 Å². The molecule has 0 saturated carbocycles. The van der Waals surface area contributed by atoms with Crippen molar-refractivity contribution in [2.75, 3.05) is 18.4 Å². The fourth-order valence-corrected chi connectivity index (χ4v) is 2.97. The molecular weight excluding hydrogens is 389 g/mol. The van der Waals surface area contributed by atoms with E-state index in [1.165, 1.54) is 4.90 Å². The molecule has 3 aromatic heterocycles. The number of likely N-dealkylation sites (tertiary alicyclic amines) is 1. The molecule has 0 bridgehead atoms. The van der Waals surface area contributed by atoms with Gasteiger partial charge in [-0.05, 0) is 6.07 Å². The first-order valence-corrected chi connectivity index (χ1v) is 8.74. The van der Waals surface area contributed by atoms with Gasteiger partial charge in [-0.25, -0.2) is 9.97 Å². The van der Waals surface area contributed by atoms with Gasteiger partial charge in [0.05, 0.1) is 29.8 Å². The monoisotopic (exact) mass is 406 g/mol. The third-order valence-corrected chi connectivity index (χ3v) is 4.45. The predicted octanol–water partition coefficient (Wildman–Crippen LogP) is 2.15. The van der Waals surface area contributed by atoms with Gasteiger partial charge in [-0.2, -0.15) is 23.4 Å². The smallest absolute Gasteiger partial charge is 0.338 e. The number of amides is 1. The molecule has 0 aromatic carbocycles. The Morgan fingerprint density at radius 3 is 2.72 bits per heavy atom. The van der Waals surface area contributed by atoms with Gasteiger partial charge in [0.15, 0.2) is 0 Å². The molecule has 1 amide bonds. The molecule has 1 aliphatic heterocycles. The van der Waals surface area contributed by atoms with Gasteiger partial charge in [-0.1, -0.05) is 0 Å². The maximum absolute atomic E-state index is 12.3. The number of aromatic nitrogens is 6. The molecule has 0 spiro atoms. The van der Waals surface area contributed by atoms with E-state index in [0.29, 0.717) is 11.6 Å². The topological polar surface area (TPSA) is 93.8 Å². The summed E-state index contributed by atoms with van der Waals surface area (Å²) >= 11 is 0. The van der Waals surface area contributed by atoms with Crippen molar-refractivity contribution >= 4 is 17.5 Å². The lowest BCUT2D eigenvalue weighted by Gasteiger charge is -2.39.